The first-order valence-electron chi connectivity index (χ1n) is 6.16. The third kappa shape index (κ3) is 3.06. The molecular weight excluding hydrogens is 280 g/mol. The van der Waals surface area contributed by atoms with Crippen LogP contribution in [0.25, 0.3) is 0 Å². The maximum absolute atomic E-state index is 12.3. The fraction of sp³-hybridized carbons (Fsp3) is 0.455. The molecule has 1 unspecified atom stereocenters. The van der Waals surface area contributed by atoms with E-state index in [2.05, 4.69) is 19.9 Å². The number of aromatic amines is 1. The first-order chi connectivity index (χ1) is 9.44. The quantitative estimate of drug-likeness (QED) is 0.679. The second-order valence-electron chi connectivity index (χ2n) is 4.62. The van der Waals surface area contributed by atoms with Crippen molar-refractivity contribution >= 4 is 10.0 Å². The lowest BCUT2D eigenvalue weighted by atomic mass is 10.3. The van der Waals surface area contributed by atoms with Gasteiger partial charge in [-0.15, -0.1) is 0 Å². The van der Waals surface area contributed by atoms with Gasteiger partial charge in [0.05, 0.1) is 6.33 Å². The number of nitrogens with zero attached hydrogens (tertiary/aromatic N) is 3. The van der Waals surface area contributed by atoms with Gasteiger partial charge in [0.25, 0.3) is 10.0 Å². The van der Waals surface area contributed by atoms with Gasteiger partial charge < -0.3 is 10.3 Å². The van der Waals surface area contributed by atoms with Crippen molar-refractivity contribution in [2.75, 3.05) is 0 Å². The molecule has 9 heteroatoms. The lowest BCUT2D eigenvalue weighted by Gasteiger charge is -2.14. The van der Waals surface area contributed by atoms with E-state index in [1.807, 2.05) is 0 Å². The fourth-order valence-electron chi connectivity index (χ4n) is 1.96. The topological polar surface area (TPSA) is 119 Å². The average Bonchev–Trinajstić information content (AvgIpc) is 2.97. The second-order valence-corrected chi connectivity index (χ2v) is 6.25. The summed E-state index contributed by atoms with van der Waals surface area (Å²) >= 11 is 0. The molecule has 0 spiro atoms. The molecule has 2 rings (SSSR count). The number of nitrogens with two attached hydrogens (primary N) is 1. The predicted molar refractivity (Wildman–Crippen MR) is 73.2 cm³/mol. The lowest BCUT2D eigenvalue weighted by Crippen LogP contribution is -2.36. The standard InChI is InChI=1S/C11H18N6O2S/c1-8(6-17-4-3-13-7-17)16-20(18,19)11-10(5-12)9(2)14-15-11/h3-4,7-8,16H,5-6,12H2,1-2H3,(H,14,15). The number of hydrogen-bond acceptors (Lipinski definition) is 5. The number of sulfonamides is 1. The number of H-pyrrole nitrogens is 1. The van der Waals surface area contributed by atoms with E-state index in [0.29, 0.717) is 17.8 Å². The molecule has 0 saturated heterocycles. The summed E-state index contributed by atoms with van der Waals surface area (Å²) < 4.78 is 29.0. The van der Waals surface area contributed by atoms with Gasteiger partial charge in [0.15, 0.2) is 5.03 Å². The minimum Gasteiger partial charge on any atom is -0.336 e. The summed E-state index contributed by atoms with van der Waals surface area (Å²) in [7, 11) is -3.69. The molecule has 8 nitrogen and oxygen atoms in total. The number of hydrogen-bond donors (Lipinski definition) is 3. The average molecular weight is 298 g/mol. The van der Waals surface area contributed by atoms with Gasteiger partial charge in [-0.1, -0.05) is 0 Å². The Bertz CT molecular complexity index is 661. The molecular formula is C11H18N6O2S. The van der Waals surface area contributed by atoms with E-state index in [9.17, 15) is 8.42 Å². The summed E-state index contributed by atoms with van der Waals surface area (Å²) in [5.41, 5.74) is 6.74. The molecule has 1 atom stereocenters. The Morgan fingerprint density at radius 3 is 2.90 bits per heavy atom. The van der Waals surface area contributed by atoms with Crippen molar-refractivity contribution in [3.63, 3.8) is 0 Å². The van der Waals surface area contributed by atoms with Crippen molar-refractivity contribution in [3.05, 3.63) is 30.0 Å². The van der Waals surface area contributed by atoms with Crippen LogP contribution in [-0.2, 0) is 23.1 Å². The zero-order valence-electron chi connectivity index (χ0n) is 11.4. The normalized spacial score (nSPS) is 13.6. The number of aryl methyl sites for hydroxylation is 1. The lowest BCUT2D eigenvalue weighted by molar-refractivity contribution is 0.517. The van der Waals surface area contributed by atoms with Crippen LogP contribution < -0.4 is 10.5 Å². The highest BCUT2D eigenvalue weighted by atomic mass is 32.2. The predicted octanol–water partition coefficient (Wildman–Crippen LogP) is -0.260. The molecule has 2 aromatic rings. The summed E-state index contributed by atoms with van der Waals surface area (Å²) in [4.78, 5) is 3.91. The number of nitrogens with one attached hydrogen (secondary N) is 2. The zero-order chi connectivity index (χ0) is 14.8. The highest BCUT2D eigenvalue weighted by molar-refractivity contribution is 7.89. The molecule has 0 saturated carbocycles. The fourth-order valence-corrected chi connectivity index (χ4v) is 3.40. The van der Waals surface area contributed by atoms with Crippen molar-refractivity contribution in [3.8, 4) is 0 Å². The van der Waals surface area contributed by atoms with Gasteiger partial charge in [0, 0.05) is 42.8 Å². The minimum atomic E-state index is -3.69. The Labute approximate surface area is 117 Å². The Kier molecular flexibility index (Phi) is 4.21. The highest BCUT2D eigenvalue weighted by Gasteiger charge is 2.24. The van der Waals surface area contributed by atoms with Gasteiger partial charge in [-0.25, -0.2) is 18.1 Å². The van der Waals surface area contributed by atoms with Crippen molar-refractivity contribution in [2.45, 2.75) is 38.0 Å². The Balaban J connectivity index is 2.14. The molecule has 0 aliphatic carbocycles. The Morgan fingerprint density at radius 2 is 2.30 bits per heavy atom. The first kappa shape index (κ1) is 14.7. The number of rotatable bonds is 6. The SMILES string of the molecule is Cc1[nH]nc(S(=O)(=O)NC(C)Cn2ccnc2)c1CN. The van der Waals surface area contributed by atoms with Crippen LogP contribution in [0.5, 0.6) is 0 Å². The highest BCUT2D eigenvalue weighted by Crippen LogP contribution is 2.15. The summed E-state index contributed by atoms with van der Waals surface area (Å²) in [6, 6.07) is -0.295. The van der Waals surface area contributed by atoms with E-state index in [0.717, 1.165) is 0 Å². The molecule has 0 bridgehead atoms. The van der Waals surface area contributed by atoms with Crippen LogP contribution in [0.4, 0.5) is 0 Å². The number of aromatic nitrogens is 4. The van der Waals surface area contributed by atoms with Crippen LogP contribution >= 0.6 is 0 Å². The molecule has 0 amide bonds. The molecule has 0 radical (unpaired) electrons. The van der Waals surface area contributed by atoms with Crippen LogP contribution in [0.15, 0.2) is 23.7 Å². The third-order valence-electron chi connectivity index (χ3n) is 2.89. The Hall–Kier alpha value is -1.71. The van der Waals surface area contributed by atoms with Gasteiger partial charge in [-0.05, 0) is 13.8 Å². The summed E-state index contributed by atoms with van der Waals surface area (Å²) in [6.45, 7) is 4.12. The van der Waals surface area contributed by atoms with Crippen LogP contribution in [0.1, 0.15) is 18.2 Å². The largest absolute Gasteiger partial charge is 0.336 e. The van der Waals surface area contributed by atoms with Gasteiger partial charge >= 0.3 is 0 Å². The maximum atomic E-state index is 12.3. The van der Waals surface area contributed by atoms with Gasteiger partial charge in [0.1, 0.15) is 0 Å². The van der Waals surface area contributed by atoms with Crippen LogP contribution in [0.3, 0.4) is 0 Å². The van der Waals surface area contributed by atoms with Crippen LogP contribution in [0, 0.1) is 6.92 Å². The molecule has 2 heterocycles. The summed E-state index contributed by atoms with van der Waals surface area (Å²) in [5, 5.41) is 6.45. The summed E-state index contributed by atoms with van der Waals surface area (Å²) in [6.07, 6.45) is 5.05. The first-order valence-corrected chi connectivity index (χ1v) is 7.64. The van der Waals surface area contributed by atoms with Gasteiger partial charge in [-0.2, -0.15) is 5.10 Å². The zero-order valence-corrected chi connectivity index (χ0v) is 12.2. The van der Waals surface area contributed by atoms with Crippen molar-refractivity contribution < 1.29 is 8.42 Å². The van der Waals surface area contributed by atoms with E-state index in [1.165, 1.54) is 0 Å². The van der Waals surface area contributed by atoms with E-state index < -0.39 is 10.0 Å². The summed E-state index contributed by atoms with van der Waals surface area (Å²) in [5.74, 6) is 0. The van der Waals surface area contributed by atoms with Crippen molar-refractivity contribution in [2.24, 2.45) is 5.73 Å². The van der Waals surface area contributed by atoms with Crippen molar-refractivity contribution in [1.82, 2.24) is 24.5 Å². The van der Waals surface area contributed by atoms with E-state index in [4.69, 9.17) is 5.73 Å². The van der Waals surface area contributed by atoms with E-state index in [-0.39, 0.29) is 17.6 Å². The molecule has 0 aliphatic heterocycles. The minimum absolute atomic E-state index is 0.0324. The van der Waals surface area contributed by atoms with Gasteiger partial charge in [0.2, 0.25) is 0 Å². The molecule has 4 N–H and O–H groups in total. The second kappa shape index (κ2) is 5.73. The maximum Gasteiger partial charge on any atom is 0.260 e. The monoisotopic (exact) mass is 298 g/mol. The molecule has 110 valence electrons. The van der Waals surface area contributed by atoms with E-state index >= 15 is 0 Å². The van der Waals surface area contributed by atoms with Gasteiger partial charge in [-0.3, -0.25) is 5.10 Å². The van der Waals surface area contributed by atoms with E-state index in [1.54, 1.807) is 37.1 Å². The molecule has 2 aromatic heterocycles. The smallest absolute Gasteiger partial charge is 0.260 e. The third-order valence-corrected chi connectivity index (χ3v) is 4.45. The molecule has 0 fully saturated rings. The van der Waals surface area contributed by atoms with Crippen LogP contribution in [0.2, 0.25) is 0 Å². The Morgan fingerprint density at radius 1 is 1.55 bits per heavy atom. The van der Waals surface area contributed by atoms with Crippen LogP contribution in [-0.4, -0.2) is 34.2 Å². The molecule has 0 aromatic carbocycles. The number of imidazole rings is 1. The van der Waals surface area contributed by atoms with Crippen molar-refractivity contribution in [1.29, 1.82) is 0 Å². The molecule has 0 aliphatic rings. The molecule has 20 heavy (non-hydrogen) atoms.